The molecule has 116 heavy (non-hydrogen) atoms. The molecule has 25 aliphatic rings. The molecule has 14 saturated heterocycles. The molecule has 0 aromatic carbocycles. The van der Waals surface area contributed by atoms with E-state index in [1.54, 1.807) is 0 Å². The van der Waals surface area contributed by atoms with Crippen molar-refractivity contribution >= 4 is 53.7 Å². The molecule has 14 aliphatic heterocycles. The summed E-state index contributed by atoms with van der Waals surface area (Å²) in [6.07, 6.45) is 37.5. The molecule has 25 rings (SSSR count). The molecule has 11 aliphatic carbocycles. The Kier molecular flexibility index (Phi) is 46.7. The van der Waals surface area contributed by atoms with E-state index >= 15 is 0 Å². The van der Waals surface area contributed by atoms with Crippen LogP contribution in [0.2, 0.25) is 0 Å². The van der Waals surface area contributed by atoms with Crippen LogP contribution in [0.3, 0.4) is 0 Å². The van der Waals surface area contributed by atoms with Crippen molar-refractivity contribution < 1.29 is 105 Å². The summed E-state index contributed by atoms with van der Waals surface area (Å²) in [7, 11) is 0. The van der Waals surface area contributed by atoms with Gasteiger partial charge in [-0.3, -0.25) is 43.2 Å². The van der Waals surface area contributed by atoms with E-state index in [0.29, 0.717) is 80.9 Å². The van der Waals surface area contributed by atoms with Crippen molar-refractivity contribution in [3.8, 4) is 0 Å². The second-order valence-corrected chi connectivity index (χ2v) is 32.3. The fraction of sp³-hybridized carbons (Fsp3) is 0.904. The van der Waals surface area contributed by atoms with Crippen molar-refractivity contribution in [3.05, 3.63) is 0 Å². The zero-order valence-corrected chi connectivity index (χ0v) is 76.6. The van der Waals surface area contributed by atoms with Gasteiger partial charge in [0.2, 0.25) is 0 Å². The number of carbonyl (C=O) groups is 9. The normalized spacial score (nSPS) is 38.1. The Hall–Kier alpha value is -4.93. The number of hydrogen-bond donors (Lipinski definition) is 0. The van der Waals surface area contributed by atoms with Gasteiger partial charge in [-0.15, -0.1) is 0 Å². The number of ether oxygens (including phenoxy) is 13. The standard InChI is InChI=1S/2C10H14O2.C9H14O2.2C8H10O2.C7H8O5.2C7H10O2.C6H8O3.11C2H6/c11-10-8-2-6-1-7(3-8)5-9(4-6)12-10;11-9-10(3-4-12-9)6-7-1-2-8(10)5-7;10-8-9(6-7-11-8)4-2-1-3-5-9;9-8-6-2-5-1-4(6)3-7(5)10-8;9-6-7-1-3-8(5-7,10-6)4-2-7;8-4-1-3-5(12-4)6-7(11-3)10-2-9-6;8-7-6-3-1-2-5(6)4-9-7;8-7-4-5-2-1-3-6(5)9-7;7-6-3-5-4(9-6)1-2-8-5;11*1-2/h6-9H,1-5H2;7-8H,1-6H2;1-7H2;4-7H,1-3H2;1-5H2;3,5-7H,1-2H2;2*5-6H,1-4H2;4-5H,1-3H2;11*1-2H3. The van der Waals surface area contributed by atoms with Crippen LogP contribution in [0, 0.1) is 81.3 Å². The van der Waals surface area contributed by atoms with Crippen molar-refractivity contribution in [1.82, 2.24) is 0 Å². The first-order valence-electron chi connectivity index (χ1n) is 47.7. The minimum atomic E-state index is -0.326. The van der Waals surface area contributed by atoms with Crippen LogP contribution in [0.1, 0.15) is 371 Å². The molecule has 19 atom stereocenters. The Morgan fingerprint density at radius 3 is 1.45 bits per heavy atom. The highest BCUT2D eigenvalue weighted by Crippen LogP contribution is 2.65. The van der Waals surface area contributed by atoms with E-state index in [4.69, 9.17) is 61.6 Å². The molecule has 11 saturated carbocycles. The Labute approximate surface area is 701 Å². The Bertz CT molecular complexity index is 2820. The summed E-state index contributed by atoms with van der Waals surface area (Å²) < 4.78 is 66.8. The van der Waals surface area contributed by atoms with E-state index in [9.17, 15) is 43.2 Å². The number of cyclic esters (lactones) is 3. The lowest BCUT2D eigenvalue weighted by Gasteiger charge is -2.35. The van der Waals surface area contributed by atoms with Gasteiger partial charge in [0.15, 0.2) is 25.3 Å². The van der Waals surface area contributed by atoms with Crippen molar-refractivity contribution in [2.24, 2.45) is 81.3 Å². The number of rotatable bonds is 0. The molecule has 22 heteroatoms. The molecular formula is C94H164O22. The van der Waals surface area contributed by atoms with Crippen molar-refractivity contribution in [2.45, 2.75) is 431 Å². The largest absolute Gasteiger partial charge is 0.465 e. The van der Waals surface area contributed by atoms with Gasteiger partial charge in [0.25, 0.3) is 0 Å². The highest BCUT2D eigenvalue weighted by Gasteiger charge is 2.67. The van der Waals surface area contributed by atoms with Crippen LogP contribution in [0.25, 0.3) is 0 Å². The first-order chi connectivity index (χ1) is 56.5. The van der Waals surface area contributed by atoms with E-state index in [1.807, 2.05) is 152 Å². The second kappa shape index (κ2) is 52.4. The van der Waals surface area contributed by atoms with E-state index in [0.717, 1.165) is 146 Å². The molecule has 0 aromatic heterocycles. The van der Waals surface area contributed by atoms with Crippen LogP contribution in [0.15, 0.2) is 0 Å². The smallest absolute Gasteiger partial charge is 0.312 e. The number of esters is 9. The SMILES string of the molecule is CC.CC.CC.CC.CC.CC.CC.CC.CC.CC.CC.O=C1CC2CCCC2O1.O=C1CC2OC3OCOC3C2O1.O=C1CC2OCCC2O1.O=C1OC23CCC1(CC2)C3.O=C1OC2CC3CC(C2)CC1C3.O=C1OC2CC3CC2CC13.O=C1OCC2CCCC12.O=C1OCCC12CC1CCC2C1.O=C1OCCC12CCCCC2. The van der Waals surface area contributed by atoms with Gasteiger partial charge in [0.05, 0.1) is 79.7 Å². The summed E-state index contributed by atoms with van der Waals surface area (Å²) in [4.78, 5) is 99.5. The maximum absolute atomic E-state index is 11.6. The van der Waals surface area contributed by atoms with Crippen LogP contribution >= 0.6 is 0 Å². The number of carbonyl (C=O) groups excluding carboxylic acids is 9. The minimum Gasteiger partial charge on any atom is -0.465 e. The topological polar surface area (TPSA) is 274 Å². The van der Waals surface area contributed by atoms with Gasteiger partial charge in [0, 0.05) is 24.7 Å². The molecular weight excluding hydrogens is 1480 g/mol. The molecule has 2 spiro atoms. The summed E-state index contributed by atoms with van der Waals surface area (Å²) in [6, 6.07) is 0. The summed E-state index contributed by atoms with van der Waals surface area (Å²) >= 11 is 0. The van der Waals surface area contributed by atoms with Crippen LogP contribution < -0.4 is 0 Å². The average Bonchev–Trinajstić information content (AvgIpc) is 1.54. The third-order valence-corrected chi connectivity index (χ3v) is 26.7. The minimum absolute atomic E-state index is 0.00289. The summed E-state index contributed by atoms with van der Waals surface area (Å²) in [5.74, 6) is 6.85. The van der Waals surface area contributed by atoms with Crippen molar-refractivity contribution in [1.29, 1.82) is 0 Å². The molecule has 0 N–H and O–H groups in total. The van der Waals surface area contributed by atoms with Gasteiger partial charge in [-0.1, -0.05) is 184 Å². The third-order valence-electron chi connectivity index (χ3n) is 26.7. The molecule has 14 heterocycles. The summed E-state index contributed by atoms with van der Waals surface area (Å²) in [5, 5.41) is 0. The molecule has 672 valence electrons. The lowest BCUT2D eigenvalue weighted by molar-refractivity contribution is -0.170. The average molecular weight is 1650 g/mol. The maximum atomic E-state index is 11.6. The highest BCUT2D eigenvalue weighted by atomic mass is 16.8. The lowest BCUT2D eigenvalue weighted by atomic mass is 9.68. The van der Waals surface area contributed by atoms with Crippen LogP contribution in [-0.2, 0) is 105 Å². The third kappa shape index (κ3) is 25.6. The van der Waals surface area contributed by atoms with Crippen LogP contribution in [-0.4, -0.2) is 148 Å². The van der Waals surface area contributed by atoms with E-state index in [2.05, 4.69) is 0 Å². The summed E-state index contributed by atoms with van der Waals surface area (Å²) in [6.45, 7) is 47.0. The van der Waals surface area contributed by atoms with Gasteiger partial charge < -0.3 is 61.6 Å². The molecule has 22 nitrogen and oxygen atoms in total. The fourth-order valence-corrected chi connectivity index (χ4v) is 21.8. The molecule has 12 bridgehead atoms. The summed E-state index contributed by atoms with van der Waals surface area (Å²) in [5.41, 5.74) is 0.0260. The molecule has 19 unspecified atom stereocenters. The molecule has 0 aromatic rings. The maximum Gasteiger partial charge on any atom is 0.312 e. The van der Waals surface area contributed by atoms with Gasteiger partial charge in [0.1, 0.15) is 42.2 Å². The zero-order chi connectivity index (χ0) is 86.5. The lowest BCUT2D eigenvalue weighted by Crippen LogP contribution is -2.39. The monoisotopic (exact) mass is 1650 g/mol. The van der Waals surface area contributed by atoms with Gasteiger partial charge in [-0.05, 0) is 190 Å². The Morgan fingerprint density at radius 1 is 0.336 bits per heavy atom. The first kappa shape index (κ1) is 103. The molecule has 0 amide bonds. The van der Waals surface area contributed by atoms with E-state index in [-0.39, 0.29) is 137 Å². The predicted octanol–water partition coefficient (Wildman–Crippen LogP) is 20.4. The van der Waals surface area contributed by atoms with Crippen LogP contribution in [0.5, 0.6) is 0 Å². The van der Waals surface area contributed by atoms with E-state index < -0.39 is 0 Å². The molecule has 0 radical (unpaired) electrons. The second-order valence-electron chi connectivity index (χ2n) is 32.3. The van der Waals surface area contributed by atoms with Gasteiger partial charge in [-0.25, -0.2) is 0 Å². The zero-order valence-electron chi connectivity index (χ0n) is 76.6. The Morgan fingerprint density at radius 2 is 0.940 bits per heavy atom. The van der Waals surface area contributed by atoms with Gasteiger partial charge in [-0.2, -0.15) is 0 Å². The number of hydrogen-bond acceptors (Lipinski definition) is 22. The van der Waals surface area contributed by atoms with Crippen molar-refractivity contribution in [2.75, 3.05) is 33.2 Å². The first-order valence-corrected chi connectivity index (χ1v) is 47.7. The fourth-order valence-electron chi connectivity index (χ4n) is 21.8. The predicted molar refractivity (Wildman–Crippen MR) is 448 cm³/mol. The Balaban J connectivity index is 0.000000267. The number of fused-ring (bicyclic) bond motifs is 11. The quantitative estimate of drug-likeness (QED) is 0.161. The molecule has 25 fully saturated rings. The van der Waals surface area contributed by atoms with E-state index in [1.165, 1.54) is 83.5 Å². The van der Waals surface area contributed by atoms with Crippen molar-refractivity contribution in [3.63, 3.8) is 0 Å². The highest BCUT2D eigenvalue weighted by molar-refractivity contribution is 5.83. The van der Waals surface area contributed by atoms with Gasteiger partial charge >= 0.3 is 53.7 Å². The van der Waals surface area contributed by atoms with Crippen LogP contribution in [0.4, 0.5) is 0 Å².